The van der Waals surface area contributed by atoms with Crippen molar-refractivity contribution < 1.29 is 46.6 Å². The molecule has 1 heterocycles. The largest absolute Gasteiger partial charge is 1.00 e. The van der Waals surface area contributed by atoms with E-state index in [1.54, 1.807) is 54.2 Å². The average molecular weight is 637 g/mol. The maximum atomic E-state index is 12.4. The predicted octanol–water partition coefficient (Wildman–Crippen LogP) is -1.18. The Hall–Kier alpha value is -1.57. The molecule has 0 atom stereocenters. The monoisotopic (exact) mass is 636 g/mol. The van der Waals surface area contributed by atoms with Crippen molar-refractivity contribution in [2.75, 3.05) is 6.54 Å². The van der Waals surface area contributed by atoms with E-state index in [9.17, 15) is 18.0 Å². The lowest BCUT2D eigenvalue weighted by molar-refractivity contribution is -0.673. The van der Waals surface area contributed by atoms with E-state index in [1.807, 2.05) is 6.07 Å². The van der Waals surface area contributed by atoms with Crippen molar-refractivity contribution in [2.24, 2.45) is 18.9 Å². The van der Waals surface area contributed by atoms with Crippen LogP contribution in [0.15, 0.2) is 58.0 Å². The lowest BCUT2D eigenvalue weighted by Gasteiger charge is -2.27. The summed E-state index contributed by atoms with van der Waals surface area (Å²) in [4.78, 5) is 24.8. The maximum absolute atomic E-state index is 12.4. The third kappa shape index (κ3) is 7.22. The zero-order valence-electron chi connectivity index (χ0n) is 17.6. The number of pyridine rings is 1. The lowest BCUT2D eigenvalue weighted by Crippen LogP contribution is -3.00. The number of nitrogens with one attached hydrogen (secondary N) is 3. The molecule has 32 heavy (non-hydrogen) atoms. The summed E-state index contributed by atoms with van der Waals surface area (Å²) in [5, 5.41) is 0. The summed E-state index contributed by atoms with van der Waals surface area (Å²) in [5.74, 6) is -0.635. The van der Waals surface area contributed by atoms with Crippen molar-refractivity contribution in [3.63, 3.8) is 0 Å². The summed E-state index contributed by atoms with van der Waals surface area (Å²) in [6.07, 6.45) is 4.52. The van der Waals surface area contributed by atoms with E-state index in [0.29, 0.717) is 25.1 Å². The van der Waals surface area contributed by atoms with Crippen LogP contribution >= 0.6 is 15.9 Å². The highest BCUT2D eigenvalue weighted by atomic mass is 127. The molecule has 0 saturated heterocycles. The minimum absolute atomic E-state index is 0. The number of carbonyl (C=O) groups excluding carboxylic acids is 2. The SMILES string of the molecule is C[n+]1ccccc1C(=O)NNC(=O)C1CCC(CNS(=O)(=O)c2ccc(Br)cc2)CC1.[I-]. The van der Waals surface area contributed by atoms with Gasteiger partial charge in [0.05, 0.1) is 4.90 Å². The zero-order chi connectivity index (χ0) is 22.4. The van der Waals surface area contributed by atoms with Gasteiger partial charge in [0.25, 0.3) is 5.69 Å². The van der Waals surface area contributed by atoms with Crippen molar-refractivity contribution in [3.05, 3.63) is 58.8 Å². The molecule has 1 aromatic heterocycles. The lowest BCUT2D eigenvalue weighted by atomic mass is 9.82. The van der Waals surface area contributed by atoms with Gasteiger partial charge in [-0.2, -0.15) is 4.57 Å². The Morgan fingerprint density at radius 1 is 1.03 bits per heavy atom. The molecule has 1 saturated carbocycles. The van der Waals surface area contributed by atoms with E-state index in [2.05, 4.69) is 31.5 Å². The highest BCUT2D eigenvalue weighted by Crippen LogP contribution is 2.28. The van der Waals surface area contributed by atoms with E-state index >= 15 is 0 Å². The predicted molar refractivity (Wildman–Crippen MR) is 118 cm³/mol. The van der Waals surface area contributed by atoms with Gasteiger partial charge in [-0.3, -0.25) is 20.4 Å². The molecule has 2 aromatic rings. The number of halogens is 2. The Labute approximate surface area is 213 Å². The van der Waals surface area contributed by atoms with Crippen LogP contribution in [0.1, 0.15) is 36.2 Å². The number of aromatic nitrogens is 1. The molecular formula is C21H26BrIN4O4S. The minimum Gasteiger partial charge on any atom is -1.00 e. The normalized spacial score (nSPS) is 18.3. The molecule has 1 aliphatic carbocycles. The second kappa shape index (κ2) is 12.1. The average Bonchev–Trinajstić information content (AvgIpc) is 2.77. The molecule has 174 valence electrons. The summed E-state index contributed by atoms with van der Waals surface area (Å²) >= 11 is 3.29. The smallest absolute Gasteiger partial charge is 0.334 e. The molecule has 1 fully saturated rings. The van der Waals surface area contributed by atoms with Crippen LogP contribution in [0.5, 0.6) is 0 Å². The summed E-state index contributed by atoms with van der Waals surface area (Å²) in [7, 11) is -1.80. The number of hydrogen-bond donors (Lipinski definition) is 3. The molecule has 0 unspecified atom stereocenters. The number of amides is 2. The Balaban J connectivity index is 0.00000363. The second-order valence-corrected chi connectivity index (χ2v) is 10.3. The van der Waals surface area contributed by atoms with Crippen LogP contribution in [0, 0.1) is 11.8 Å². The number of carbonyl (C=O) groups is 2. The van der Waals surface area contributed by atoms with Crippen molar-refractivity contribution in [1.82, 2.24) is 15.6 Å². The molecule has 0 aliphatic heterocycles. The van der Waals surface area contributed by atoms with Gasteiger partial charge >= 0.3 is 5.91 Å². The minimum atomic E-state index is -3.55. The van der Waals surface area contributed by atoms with Crippen molar-refractivity contribution in [1.29, 1.82) is 0 Å². The Kier molecular flexibility index (Phi) is 10.0. The first kappa shape index (κ1) is 26.7. The van der Waals surface area contributed by atoms with Gasteiger partial charge in [-0.15, -0.1) is 0 Å². The molecule has 1 aromatic carbocycles. The van der Waals surface area contributed by atoms with Crippen LogP contribution in [-0.4, -0.2) is 26.8 Å². The summed E-state index contributed by atoms with van der Waals surface area (Å²) < 4.78 is 30.0. The molecule has 2 amide bonds. The molecule has 11 heteroatoms. The van der Waals surface area contributed by atoms with E-state index in [-0.39, 0.29) is 52.5 Å². The van der Waals surface area contributed by atoms with Gasteiger partial charge in [-0.25, -0.2) is 13.1 Å². The number of aryl methyl sites for hydroxylation is 1. The molecule has 8 nitrogen and oxygen atoms in total. The summed E-state index contributed by atoms with van der Waals surface area (Å²) in [5.41, 5.74) is 5.40. The van der Waals surface area contributed by atoms with Crippen LogP contribution in [0.25, 0.3) is 0 Å². The molecule has 3 N–H and O–H groups in total. The van der Waals surface area contributed by atoms with Crippen LogP contribution in [0.3, 0.4) is 0 Å². The highest BCUT2D eigenvalue weighted by Gasteiger charge is 2.28. The van der Waals surface area contributed by atoms with Crippen molar-refractivity contribution in [3.8, 4) is 0 Å². The fourth-order valence-electron chi connectivity index (χ4n) is 3.60. The summed E-state index contributed by atoms with van der Waals surface area (Å²) in [6, 6.07) is 11.7. The first-order chi connectivity index (χ1) is 14.8. The van der Waals surface area contributed by atoms with E-state index in [1.165, 1.54) is 0 Å². The number of rotatable bonds is 6. The van der Waals surface area contributed by atoms with Gasteiger partial charge in [-0.1, -0.05) is 15.9 Å². The standard InChI is InChI=1S/C21H25BrN4O4S.HI/c1-26-13-3-2-4-19(26)21(28)25-24-20(27)16-7-5-15(6-8-16)14-23-31(29,30)18-11-9-17(22)10-12-18;/h2-4,9-13,15-16,23,28H,5-8,14H2,1H3;1H. The number of hydrogen-bond acceptors (Lipinski definition) is 4. The Bertz CT molecular complexity index is 1040. The fourth-order valence-corrected chi connectivity index (χ4v) is 4.98. The highest BCUT2D eigenvalue weighted by molar-refractivity contribution is 9.10. The Morgan fingerprint density at radius 3 is 2.31 bits per heavy atom. The van der Waals surface area contributed by atoms with E-state index in [0.717, 1.165) is 17.3 Å². The number of hydrazine groups is 1. The number of nitrogens with zero attached hydrogens (tertiary/aromatic N) is 1. The van der Waals surface area contributed by atoms with Crippen LogP contribution in [0.2, 0.25) is 0 Å². The van der Waals surface area contributed by atoms with Gasteiger partial charge in [0, 0.05) is 29.1 Å². The number of benzene rings is 1. The van der Waals surface area contributed by atoms with Crippen LogP contribution in [0.4, 0.5) is 0 Å². The molecule has 3 rings (SSSR count). The maximum Gasteiger partial charge on any atom is 0.334 e. The van der Waals surface area contributed by atoms with E-state index < -0.39 is 10.0 Å². The first-order valence-electron chi connectivity index (χ1n) is 10.1. The third-order valence-corrected chi connectivity index (χ3v) is 7.46. The van der Waals surface area contributed by atoms with Crippen LogP contribution < -0.4 is 44.1 Å². The number of sulfonamides is 1. The van der Waals surface area contributed by atoms with Gasteiger partial charge in [0.1, 0.15) is 7.05 Å². The summed E-state index contributed by atoms with van der Waals surface area (Å²) in [6.45, 7) is 0.341. The van der Waals surface area contributed by atoms with Crippen LogP contribution in [-0.2, 0) is 21.9 Å². The molecule has 0 spiro atoms. The topological polar surface area (TPSA) is 108 Å². The molecule has 0 bridgehead atoms. The molecule has 1 aliphatic rings. The zero-order valence-corrected chi connectivity index (χ0v) is 22.1. The van der Waals surface area contributed by atoms with Gasteiger partial charge in [0.2, 0.25) is 15.9 Å². The Morgan fingerprint density at radius 2 is 1.69 bits per heavy atom. The fraction of sp³-hybridized carbons (Fsp3) is 0.381. The molecule has 0 radical (unpaired) electrons. The second-order valence-electron chi connectivity index (χ2n) is 7.66. The van der Waals surface area contributed by atoms with Gasteiger partial charge in [-0.05, 0) is 61.9 Å². The van der Waals surface area contributed by atoms with Crippen molar-refractivity contribution >= 4 is 37.8 Å². The van der Waals surface area contributed by atoms with E-state index in [4.69, 9.17) is 0 Å². The quantitative estimate of drug-likeness (QED) is 0.211. The van der Waals surface area contributed by atoms with Gasteiger partial charge in [0.15, 0.2) is 6.20 Å². The first-order valence-corrected chi connectivity index (χ1v) is 12.3. The van der Waals surface area contributed by atoms with Crippen molar-refractivity contribution in [2.45, 2.75) is 30.6 Å². The third-order valence-electron chi connectivity index (χ3n) is 5.49. The van der Waals surface area contributed by atoms with Gasteiger partial charge < -0.3 is 24.0 Å². The molecular weight excluding hydrogens is 611 g/mol.